The Morgan fingerprint density at radius 1 is 1.04 bits per heavy atom. The van der Waals surface area contributed by atoms with Crippen molar-refractivity contribution in [3.8, 4) is 5.75 Å². The minimum atomic E-state index is -0.181. The Balaban J connectivity index is 1.87. The van der Waals surface area contributed by atoms with Crippen LogP contribution in [0.25, 0.3) is 0 Å². The summed E-state index contributed by atoms with van der Waals surface area (Å²) in [5.74, 6) is 0.184. The number of aromatic hydroxyl groups is 1. The van der Waals surface area contributed by atoms with E-state index in [9.17, 15) is 9.90 Å². The van der Waals surface area contributed by atoms with Crippen molar-refractivity contribution in [3.05, 3.63) is 65.7 Å². The van der Waals surface area contributed by atoms with Gasteiger partial charge in [-0.25, -0.2) is 0 Å². The highest BCUT2D eigenvalue weighted by atomic mass is 16.5. The van der Waals surface area contributed by atoms with E-state index in [1.807, 2.05) is 42.5 Å². The predicted molar refractivity (Wildman–Crippen MR) is 96.4 cm³/mol. The summed E-state index contributed by atoms with van der Waals surface area (Å²) in [5, 5.41) is 21.2. The number of aliphatic hydroxyl groups excluding tert-OH is 1. The zero-order valence-corrected chi connectivity index (χ0v) is 14.2. The van der Waals surface area contributed by atoms with Crippen LogP contribution in [0.15, 0.2) is 54.6 Å². The zero-order chi connectivity index (χ0) is 17.9. The lowest BCUT2D eigenvalue weighted by Gasteiger charge is -2.19. The lowest BCUT2D eigenvalue weighted by Crippen LogP contribution is -2.40. The van der Waals surface area contributed by atoms with Crippen LogP contribution in [0, 0.1) is 0 Å². The second kappa shape index (κ2) is 10.5. The third-order valence-corrected chi connectivity index (χ3v) is 3.82. The van der Waals surface area contributed by atoms with Gasteiger partial charge in [-0.3, -0.25) is 4.79 Å². The highest BCUT2D eigenvalue weighted by Gasteiger charge is 2.14. The average molecular weight is 343 g/mol. The van der Waals surface area contributed by atoms with Crippen LogP contribution in [-0.4, -0.2) is 42.0 Å². The molecule has 5 nitrogen and oxygen atoms in total. The minimum Gasteiger partial charge on any atom is -0.508 e. The van der Waals surface area contributed by atoms with Gasteiger partial charge in [-0.2, -0.15) is 0 Å². The summed E-state index contributed by atoms with van der Waals surface area (Å²) >= 11 is 0. The Bertz CT molecular complexity index is 628. The van der Waals surface area contributed by atoms with E-state index in [0.717, 1.165) is 11.1 Å². The van der Waals surface area contributed by atoms with Crippen LogP contribution in [-0.2, 0) is 22.4 Å². The van der Waals surface area contributed by atoms with Crippen molar-refractivity contribution in [2.75, 3.05) is 19.8 Å². The number of ether oxygens (including phenoxy) is 1. The van der Waals surface area contributed by atoms with E-state index in [2.05, 4.69) is 5.32 Å². The molecule has 0 saturated heterocycles. The van der Waals surface area contributed by atoms with Crippen LogP contribution in [0.5, 0.6) is 5.75 Å². The average Bonchev–Trinajstić information content (AvgIpc) is 2.63. The van der Waals surface area contributed by atoms with E-state index >= 15 is 0 Å². The lowest BCUT2D eigenvalue weighted by molar-refractivity contribution is -0.122. The van der Waals surface area contributed by atoms with Gasteiger partial charge in [0, 0.05) is 6.42 Å². The standard InChI is InChI=1S/C20H25NO4/c22-12-13-25-15-18(14-17-6-9-19(23)10-7-17)21-20(24)11-8-16-4-2-1-3-5-16/h1-7,9-10,18,22-23H,8,11-15H2,(H,21,24). The van der Waals surface area contributed by atoms with Gasteiger partial charge >= 0.3 is 0 Å². The molecular formula is C20H25NO4. The molecule has 0 aliphatic heterocycles. The van der Waals surface area contributed by atoms with Crippen molar-refractivity contribution in [1.29, 1.82) is 0 Å². The van der Waals surface area contributed by atoms with E-state index in [1.165, 1.54) is 0 Å². The van der Waals surface area contributed by atoms with Gasteiger partial charge in [-0.1, -0.05) is 42.5 Å². The molecule has 0 heterocycles. The molecule has 2 aromatic rings. The molecule has 25 heavy (non-hydrogen) atoms. The first-order valence-electron chi connectivity index (χ1n) is 8.47. The Morgan fingerprint density at radius 2 is 1.76 bits per heavy atom. The molecule has 0 spiro atoms. The molecule has 0 fully saturated rings. The number of hydrogen-bond acceptors (Lipinski definition) is 4. The van der Waals surface area contributed by atoms with Gasteiger partial charge in [0.1, 0.15) is 5.75 Å². The predicted octanol–water partition coefficient (Wildman–Crippen LogP) is 2.06. The Morgan fingerprint density at radius 3 is 2.44 bits per heavy atom. The van der Waals surface area contributed by atoms with Crippen LogP contribution >= 0.6 is 0 Å². The number of carbonyl (C=O) groups is 1. The van der Waals surface area contributed by atoms with Gasteiger partial charge in [0.15, 0.2) is 0 Å². The fourth-order valence-corrected chi connectivity index (χ4v) is 2.56. The molecule has 2 aromatic carbocycles. The molecule has 0 bridgehead atoms. The Hall–Kier alpha value is -2.37. The Labute approximate surface area is 148 Å². The quantitative estimate of drug-likeness (QED) is 0.577. The summed E-state index contributed by atoms with van der Waals surface area (Å²) < 4.78 is 5.39. The normalized spacial score (nSPS) is 11.9. The first kappa shape index (κ1) is 19.0. The number of hydrogen-bond donors (Lipinski definition) is 3. The second-order valence-corrected chi connectivity index (χ2v) is 5.92. The summed E-state index contributed by atoms with van der Waals surface area (Å²) in [5.41, 5.74) is 2.13. The maximum Gasteiger partial charge on any atom is 0.220 e. The second-order valence-electron chi connectivity index (χ2n) is 5.92. The molecule has 3 N–H and O–H groups in total. The van der Waals surface area contributed by atoms with Crippen molar-refractivity contribution in [1.82, 2.24) is 5.32 Å². The molecule has 0 aliphatic carbocycles. The van der Waals surface area contributed by atoms with E-state index in [0.29, 0.717) is 25.9 Å². The zero-order valence-electron chi connectivity index (χ0n) is 14.2. The van der Waals surface area contributed by atoms with Crippen LogP contribution in [0.4, 0.5) is 0 Å². The fourth-order valence-electron chi connectivity index (χ4n) is 2.56. The summed E-state index contributed by atoms with van der Waals surface area (Å²) in [6, 6.07) is 16.6. The van der Waals surface area contributed by atoms with E-state index in [4.69, 9.17) is 9.84 Å². The van der Waals surface area contributed by atoms with Crippen LogP contribution in [0.2, 0.25) is 0 Å². The van der Waals surface area contributed by atoms with Crippen molar-refractivity contribution < 1.29 is 19.7 Å². The van der Waals surface area contributed by atoms with Gasteiger partial charge in [-0.05, 0) is 36.1 Å². The monoisotopic (exact) mass is 343 g/mol. The number of benzene rings is 2. The molecule has 1 amide bonds. The minimum absolute atomic E-state index is 0.0276. The number of aliphatic hydroxyl groups is 1. The SMILES string of the molecule is O=C(CCc1ccccc1)NC(COCCO)Cc1ccc(O)cc1. The molecule has 0 aromatic heterocycles. The summed E-state index contributed by atoms with van der Waals surface area (Å²) in [7, 11) is 0. The first-order chi connectivity index (χ1) is 12.2. The van der Waals surface area contributed by atoms with Gasteiger partial charge in [0.2, 0.25) is 5.91 Å². The number of phenolic OH excluding ortho intramolecular Hbond substituents is 1. The van der Waals surface area contributed by atoms with E-state index in [-0.39, 0.29) is 30.9 Å². The number of nitrogens with one attached hydrogen (secondary N) is 1. The molecule has 0 aliphatic rings. The molecule has 1 atom stereocenters. The van der Waals surface area contributed by atoms with E-state index < -0.39 is 0 Å². The highest BCUT2D eigenvalue weighted by Crippen LogP contribution is 2.12. The molecule has 5 heteroatoms. The number of phenols is 1. The third kappa shape index (κ3) is 7.37. The third-order valence-electron chi connectivity index (χ3n) is 3.82. The summed E-state index contributed by atoms with van der Waals surface area (Å²) in [4.78, 5) is 12.2. The number of amides is 1. The molecule has 0 radical (unpaired) electrons. The molecule has 1 unspecified atom stereocenters. The molecule has 2 rings (SSSR count). The van der Waals surface area contributed by atoms with Crippen molar-refractivity contribution >= 4 is 5.91 Å². The highest BCUT2D eigenvalue weighted by molar-refractivity contribution is 5.76. The van der Waals surface area contributed by atoms with Crippen molar-refractivity contribution in [2.45, 2.75) is 25.3 Å². The maximum absolute atomic E-state index is 12.2. The fraction of sp³-hybridized carbons (Fsp3) is 0.350. The Kier molecular flexibility index (Phi) is 7.95. The number of rotatable bonds is 10. The smallest absolute Gasteiger partial charge is 0.220 e. The van der Waals surface area contributed by atoms with Crippen LogP contribution in [0.1, 0.15) is 17.5 Å². The summed E-state index contributed by atoms with van der Waals surface area (Å²) in [6.07, 6.45) is 1.70. The maximum atomic E-state index is 12.2. The largest absolute Gasteiger partial charge is 0.508 e. The van der Waals surface area contributed by atoms with Gasteiger partial charge in [0.05, 0.1) is 25.9 Å². The summed E-state index contributed by atoms with van der Waals surface area (Å²) in [6.45, 7) is 0.526. The molecular weight excluding hydrogens is 318 g/mol. The van der Waals surface area contributed by atoms with E-state index in [1.54, 1.807) is 12.1 Å². The molecule has 0 saturated carbocycles. The molecule has 134 valence electrons. The van der Waals surface area contributed by atoms with Crippen molar-refractivity contribution in [2.24, 2.45) is 0 Å². The van der Waals surface area contributed by atoms with Gasteiger partial charge < -0.3 is 20.3 Å². The lowest BCUT2D eigenvalue weighted by atomic mass is 10.1. The number of carbonyl (C=O) groups excluding carboxylic acids is 1. The number of aryl methyl sites for hydroxylation is 1. The van der Waals surface area contributed by atoms with Gasteiger partial charge in [-0.15, -0.1) is 0 Å². The van der Waals surface area contributed by atoms with Crippen LogP contribution in [0.3, 0.4) is 0 Å². The first-order valence-corrected chi connectivity index (χ1v) is 8.47. The van der Waals surface area contributed by atoms with Crippen LogP contribution < -0.4 is 5.32 Å². The van der Waals surface area contributed by atoms with Gasteiger partial charge in [0.25, 0.3) is 0 Å². The van der Waals surface area contributed by atoms with Crippen molar-refractivity contribution in [3.63, 3.8) is 0 Å². The topological polar surface area (TPSA) is 78.8 Å².